The zero-order chi connectivity index (χ0) is 24.5. The van der Waals surface area contributed by atoms with Crippen LogP contribution in [0.2, 0.25) is 0 Å². The summed E-state index contributed by atoms with van der Waals surface area (Å²) in [5.41, 5.74) is -1.53. The molecule has 2 aliphatic heterocycles. The van der Waals surface area contributed by atoms with Gasteiger partial charge in [0, 0.05) is 23.9 Å². The first-order valence-corrected chi connectivity index (χ1v) is 12.4. The van der Waals surface area contributed by atoms with Gasteiger partial charge in [-0.1, -0.05) is 0 Å². The molecule has 9 nitrogen and oxygen atoms in total. The standard InChI is InChI=1S/C23H25NO8S/c1-10-19(27)17(12(3)25)21-18(20(10)28)23(4)15(32-21)7-14(26)16(22(23)29)11(2)24-8-13-5-6-33(30,31)9-13/h7,13,24,27-28H,5-6,8-9H2,1-4H3/b16-11+/t13?,23-/m1/s1. The monoisotopic (exact) mass is 475 g/mol. The molecule has 0 aromatic heterocycles. The van der Waals surface area contributed by atoms with Gasteiger partial charge in [-0.15, -0.1) is 0 Å². The molecule has 0 radical (unpaired) electrons. The number of carbonyl (C=O) groups is 3. The number of phenols is 2. The van der Waals surface area contributed by atoms with Crippen LogP contribution in [0.15, 0.2) is 23.1 Å². The number of carbonyl (C=O) groups excluding carboxylic acids is 3. The molecule has 3 N–H and O–H groups in total. The number of allylic oxidation sites excluding steroid dienone is 4. The second kappa shape index (κ2) is 7.44. The summed E-state index contributed by atoms with van der Waals surface area (Å²) < 4.78 is 29.1. The van der Waals surface area contributed by atoms with Crippen LogP contribution in [0.4, 0.5) is 0 Å². The van der Waals surface area contributed by atoms with Crippen LogP contribution in [0.5, 0.6) is 17.2 Å². The van der Waals surface area contributed by atoms with Gasteiger partial charge in [0.15, 0.2) is 27.2 Å². The van der Waals surface area contributed by atoms with Crippen molar-refractivity contribution in [3.8, 4) is 17.2 Å². The number of aromatic hydroxyl groups is 2. The first-order chi connectivity index (χ1) is 15.3. The van der Waals surface area contributed by atoms with E-state index in [0.29, 0.717) is 18.7 Å². The van der Waals surface area contributed by atoms with Gasteiger partial charge >= 0.3 is 0 Å². The number of phenolic OH excluding ortho intramolecular Hbond substituents is 2. The van der Waals surface area contributed by atoms with Crippen molar-refractivity contribution >= 4 is 27.2 Å². The normalized spacial score (nSPS) is 26.9. The zero-order valence-electron chi connectivity index (χ0n) is 18.7. The van der Waals surface area contributed by atoms with Gasteiger partial charge in [-0.2, -0.15) is 0 Å². The summed E-state index contributed by atoms with van der Waals surface area (Å²) in [4.78, 5) is 38.8. The molecule has 0 spiro atoms. The minimum absolute atomic E-state index is 0.0255. The first-order valence-electron chi connectivity index (χ1n) is 10.5. The van der Waals surface area contributed by atoms with Crippen LogP contribution in [0, 0.1) is 12.8 Å². The highest BCUT2D eigenvalue weighted by atomic mass is 32.2. The Hall–Kier alpha value is -3.14. The minimum Gasteiger partial charge on any atom is -0.507 e. The third kappa shape index (κ3) is 3.35. The van der Waals surface area contributed by atoms with Crippen molar-refractivity contribution in [1.82, 2.24) is 5.32 Å². The third-order valence-electron chi connectivity index (χ3n) is 6.74. The summed E-state index contributed by atoms with van der Waals surface area (Å²) in [6.07, 6.45) is 1.66. The Bertz CT molecular complexity index is 1300. The third-order valence-corrected chi connectivity index (χ3v) is 8.58. The molecule has 4 rings (SSSR count). The summed E-state index contributed by atoms with van der Waals surface area (Å²) in [6, 6.07) is 0. The maximum Gasteiger partial charge on any atom is 0.194 e. The highest BCUT2D eigenvalue weighted by Crippen LogP contribution is 2.57. The number of sulfone groups is 1. The molecule has 176 valence electrons. The van der Waals surface area contributed by atoms with E-state index < -0.39 is 38.4 Å². The Balaban J connectivity index is 1.78. The van der Waals surface area contributed by atoms with Gasteiger partial charge in [0.2, 0.25) is 0 Å². The molecule has 1 aliphatic carbocycles. The van der Waals surface area contributed by atoms with E-state index in [9.17, 15) is 33.0 Å². The average molecular weight is 476 g/mol. The molecule has 0 amide bonds. The van der Waals surface area contributed by atoms with E-state index in [1.165, 1.54) is 20.8 Å². The molecule has 2 heterocycles. The fourth-order valence-electron chi connectivity index (χ4n) is 4.78. The number of nitrogens with one attached hydrogen (secondary N) is 1. The Kier molecular flexibility index (Phi) is 5.19. The maximum atomic E-state index is 13.7. The van der Waals surface area contributed by atoms with Gasteiger partial charge in [0.25, 0.3) is 0 Å². The van der Waals surface area contributed by atoms with Crippen molar-refractivity contribution in [3.05, 3.63) is 39.8 Å². The fraction of sp³-hybridized carbons (Fsp3) is 0.435. The number of Topliss-reactive ketones (excluding diaryl/α,β-unsaturated/α-hetero) is 2. The molecular weight excluding hydrogens is 450 g/mol. The Labute approximate surface area is 191 Å². The molecular formula is C23H25NO8S. The predicted octanol–water partition coefficient (Wildman–Crippen LogP) is 1.59. The van der Waals surface area contributed by atoms with Crippen LogP contribution in [-0.4, -0.2) is 54.0 Å². The minimum atomic E-state index is -3.06. The van der Waals surface area contributed by atoms with E-state index in [2.05, 4.69) is 5.32 Å². The van der Waals surface area contributed by atoms with E-state index in [4.69, 9.17) is 4.74 Å². The summed E-state index contributed by atoms with van der Waals surface area (Å²) in [5.74, 6) is -2.69. The SMILES string of the molecule is CC(=O)c1c(O)c(C)c(O)c2c1OC1=CC(=O)/C(=C(/C)NCC3CCS(=O)(=O)C3)C(=O)[C@]12C. The van der Waals surface area contributed by atoms with Gasteiger partial charge in [-0.3, -0.25) is 14.4 Å². The highest BCUT2D eigenvalue weighted by molar-refractivity contribution is 7.91. The summed E-state index contributed by atoms with van der Waals surface area (Å²) >= 11 is 0. The van der Waals surface area contributed by atoms with Crippen molar-refractivity contribution < 1.29 is 37.8 Å². The van der Waals surface area contributed by atoms with Crippen LogP contribution >= 0.6 is 0 Å². The summed E-state index contributed by atoms with van der Waals surface area (Å²) in [6.45, 7) is 6.00. The highest BCUT2D eigenvalue weighted by Gasteiger charge is 2.56. The Morgan fingerprint density at radius 1 is 1.24 bits per heavy atom. The van der Waals surface area contributed by atoms with E-state index >= 15 is 0 Å². The van der Waals surface area contributed by atoms with Crippen molar-refractivity contribution in [3.63, 3.8) is 0 Å². The van der Waals surface area contributed by atoms with E-state index in [-0.39, 0.29) is 56.9 Å². The summed E-state index contributed by atoms with van der Waals surface area (Å²) in [7, 11) is -3.06. The largest absolute Gasteiger partial charge is 0.507 e. The van der Waals surface area contributed by atoms with E-state index in [1.54, 1.807) is 6.92 Å². The number of benzene rings is 1. The predicted molar refractivity (Wildman–Crippen MR) is 118 cm³/mol. The van der Waals surface area contributed by atoms with Crippen LogP contribution in [-0.2, 0) is 24.8 Å². The fourth-order valence-corrected chi connectivity index (χ4v) is 6.64. The molecule has 10 heteroatoms. The molecule has 1 aromatic rings. The van der Waals surface area contributed by atoms with Crippen molar-refractivity contribution in [1.29, 1.82) is 0 Å². The zero-order valence-corrected chi connectivity index (χ0v) is 19.6. The Morgan fingerprint density at radius 2 is 1.91 bits per heavy atom. The lowest BCUT2D eigenvalue weighted by Gasteiger charge is -2.29. The molecule has 0 bridgehead atoms. The molecule has 1 fully saturated rings. The van der Waals surface area contributed by atoms with Crippen LogP contribution in [0.25, 0.3) is 0 Å². The van der Waals surface area contributed by atoms with E-state index in [0.717, 1.165) is 6.08 Å². The average Bonchev–Trinajstić information content (AvgIpc) is 3.21. The van der Waals surface area contributed by atoms with E-state index in [1.807, 2.05) is 0 Å². The number of rotatable bonds is 4. The number of ether oxygens (including phenoxy) is 1. The van der Waals surface area contributed by atoms with Gasteiger partial charge in [0.05, 0.1) is 22.6 Å². The molecule has 1 aromatic carbocycles. The number of fused-ring (bicyclic) bond motifs is 3. The second-order valence-electron chi connectivity index (χ2n) is 9.04. The first kappa shape index (κ1) is 23.0. The molecule has 2 atom stereocenters. The van der Waals surface area contributed by atoms with Crippen molar-refractivity contribution in [2.24, 2.45) is 5.92 Å². The topological polar surface area (TPSA) is 147 Å². The maximum absolute atomic E-state index is 13.7. The lowest BCUT2D eigenvalue weighted by molar-refractivity contribution is -0.123. The number of hydrogen-bond acceptors (Lipinski definition) is 9. The summed E-state index contributed by atoms with van der Waals surface area (Å²) in [5, 5.41) is 24.2. The van der Waals surface area contributed by atoms with Crippen LogP contribution in [0.3, 0.4) is 0 Å². The molecule has 0 saturated carbocycles. The van der Waals surface area contributed by atoms with Crippen LogP contribution in [0.1, 0.15) is 48.7 Å². The second-order valence-corrected chi connectivity index (χ2v) is 11.3. The molecule has 3 aliphatic rings. The van der Waals surface area contributed by atoms with Crippen molar-refractivity contribution in [2.75, 3.05) is 18.1 Å². The molecule has 1 unspecified atom stereocenters. The lowest BCUT2D eigenvalue weighted by atomic mass is 9.70. The molecule has 1 saturated heterocycles. The lowest BCUT2D eigenvalue weighted by Crippen LogP contribution is -2.41. The van der Waals surface area contributed by atoms with Gasteiger partial charge < -0.3 is 20.3 Å². The quantitative estimate of drug-likeness (QED) is 0.335. The van der Waals surface area contributed by atoms with Crippen LogP contribution < -0.4 is 10.1 Å². The number of ketones is 3. The van der Waals surface area contributed by atoms with Gasteiger partial charge in [0.1, 0.15) is 34.0 Å². The van der Waals surface area contributed by atoms with Gasteiger partial charge in [-0.05, 0) is 40.0 Å². The molecule has 33 heavy (non-hydrogen) atoms. The number of hydrogen-bond donors (Lipinski definition) is 3. The van der Waals surface area contributed by atoms with Crippen molar-refractivity contribution in [2.45, 2.75) is 39.5 Å². The van der Waals surface area contributed by atoms with Gasteiger partial charge in [-0.25, -0.2) is 8.42 Å². The Morgan fingerprint density at radius 3 is 2.48 bits per heavy atom. The smallest absolute Gasteiger partial charge is 0.194 e.